The Morgan fingerprint density at radius 3 is 3.12 bits per heavy atom. The Balaban J connectivity index is 1.73. The van der Waals surface area contributed by atoms with Crippen molar-refractivity contribution in [1.29, 1.82) is 0 Å². The third-order valence-electron chi connectivity index (χ3n) is 3.34. The molecule has 1 fully saturated rings. The van der Waals surface area contributed by atoms with Gasteiger partial charge in [-0.2, -0.15) is 5.10 Å². The molecule has 6 heteroatoms. The predicted molar refractivity (Wildman–Crippen MR) is 63.0 cm³/mol. The molecule has 0 bridgehead atoms. The number of nitrogens with two attached hydrogens (primary N) is 1. The van der Waals surface area contributed by atoms with E-state index in [2.05, 4.69) is 15.4 Å². The number of hydrogen-bond acceptors (Lipinski definition) is 4. The first-order valence-electron chi connectivity index (χ1n) is 6.11. The van der Waals surface area contributed by atoms with E-state index < -0.39 is 0 Å². The molecular formula is C11H19N5O. The zero-order chi connectivity index (χ0) is 12.1. The smallest absolute Gasteiger partial charge is 0.222 e. The van der Waals surface area contributed by atoms with Gasteiger partial charge in [0.25, 0.3) is 0 Å². The molecular weight excluding hydrogens is 218 g/mol. The van der Waals surface area contributed by atoms with E-state index in [0.717, 1.165) is 19.3 Å². The minimum absolute atomic E-state index is 0.0749. The van der Waals surface area contributed by atoms with Crippen LogP contribution >= 0.6 is 0 Å². The zero-order valence-corrected chi connectivity index (χ0v) is 9.88. The fraction of sp³-hybridized carbons (Fsp3) is 0.727. The molecule has 0 saturated heterocycles. The molecule has 94 valence electrons. The van der Waals surface area contributed by atoms with Gasteiger partial charge in [-0.3, -0.25) is 9.48 Å². The lowest BCUT2D eigenvalue weighted by molar-refractivity contribution is -0.122. The molecule has 1 aromatic rings. The molecule has 3 N–H and O–H groups in total. The average molecular weight is 237 g/mol. The van der Waals surface area contributed by atoms with Crippen molar-refractivity contribution in [1.82, 2.24) is 20.1 Å². The second-order valence-corrected chi connectivity index (χ2v) is 4.51. The molecule has 6 nitrogen and oxygen atoms in total. The van der Waals surface area contributed by atoms with Crippen LogP contribution in [0.25, 0.3) is 0 Å². The van der Waals surface area contributed by atoms with Crippen molar-refractivity contribution in [3.63, 3.8) is 0 Å². The van der Waals surface area contributed by atoms with Gasteiger partial charge in [0.05, 0.1) is 6.54 Å². The minimum atomic E-state index is 0.0749. The van der Waals surface area contributed by atoms with E-state index in [1.54, 1.807) is 11.0 Å². The van der Waals surface area contributed by atoms with Gasteiger partial charge in [-0.25, -0.2) is 4.98 Å². The summed E-state index contributed by atoms with van der Waals surface area (Å²) in [6.07, 6.45) is 6.87. The lowest BCUT2D eigenvalue weighted by atomic mass is 10.0. The summed E-state index contributed by atoms with van der Waals surface area (Å²) in [4.78, 5) is 15.6. The Hall–Kier alpha value is -1.43. The van der Waals surface area contributed by atoms with Gasteiger partial charge in [0.15, 0.2) is 0 Å². The summed E-state index contributed by atoms with van der Waals surface area (Å²) in [7, 11) is 0. The summed E-state index contributed by atoms with van der Waals surface area (Å²) in [5.41, 5.74) is 5.68. The normalized spacial score (nSPS) is 23.8. The molecule has 0 spiro atoms. The number of amides is 1. The topological polar surface area (TPSA) is 85.8 Å². The van der Waals surface area contributed by atoms with Crippen LogP contribution in [0.4, 0.5) is 0 Å². The van der Waals surface area contributed by atoms with Crippen molar-refractivity contribution >= 4 is 5.91 Å². The lowest BCUT2D eigenvalue weighted by Crippen LogP contribution is -2.40. The van der Waals surface area contributed by atoms with Crippen molar-refractivity contribution in [2.24, 2.45) is 11.7 Å². The van der Waals surface area contributed by atoms with Crippen molar-refractivity contribution in [3.8, 4) is 0 Å². The van der Waals surface area contributed by atoms with Crippen LogP contribution < -0.4 is 11.1 Å². The molecule has 2 unspecified atom stereocenters. The van der Waals surface area contributed by atoms with E-state index in [1.165, 1.54) is 6.33 Å². The van der Waals surface area contributed by atoms with E-state index >= 15 is 0 Å². The highest BCUT2D eigenvalue weighted by atomic mass is 16.1. The molecule has 1 aliphatic rings. The fourth-order valence-electron chi connectivity index (χ4n) is 2.35. The third-order valence-corrected chi connectivity index (χ3v) is 3.34. The van der Waals surface area contributed by atoms with Crippen molar-refractivity contribution < 1.29 is 4.79 Å². The summed E-state index contributed by atoms with van der Waals surface area (Å²) >= 11 is 0. The Morgan fingerprint density at radius 2 is 2.41 bits per heavy atom. The zero-order valence-electron chi connectivity index (χ0n) is 9.88. The number of hydrogen-bond donors (Lipinski definition) is 2. The van der Waals surface area contributed by atoms with Crippen LogP contribution in [0.1, 0.15) is 25.7 Å². The number of carbonyl (C=O) groups excluding carboxylic acids is 1. The van der Waals surface area contributed by atoms with Crippen molar-refractivity contribution in [3.05, 3.63) is 12.7 Å². The second kappa shape index (κ2) is 5.77. The maximum absolute atomic E-state index is 11.7. The second-order valence-electron chi connectivity index (χ2n) is 4.51. The molecule has 0 radical (unpaired) electrons. The van der Waals surface area contributed by atoms with Crippen molar-refractivity contribution in [2.75, 3.05) is 6.54 Å². The third kappa shape index (κ3) is 3.26. The molecule has 0 aromatic carbocycles. The lowest BCUT2D eigenvalue weighted by Gasteiger charge is -2.19. The summed E-state index contributed by atoms with van der Waals surface area (Å²) in [5.74, 6) is 0.524. The van der Waals surface area contributed by atoms with Crippen LogP contribution in [0.15, 0.2) is 12.7 Å². The molecule has 1 aromatic heterocycles. The van der Waals surface area contributed by atoms with Crippen LogP contribution in [-0.4, -0.2) is 33.3 Å². The summed E-state index contributed by atoms with van der Waals surface area (Å²) in [6.45, 7) is 1.24. The number of aromatic nitrogens is 3. The van der Waals surface area contributed by atoms with Crippen molar-refractivity contribution in [2.45, 2.75) is 38.3 Å². The fourth-order valence-corrected chi connectivity index (χ4v) is 2.35. The maximum atomic E-state index is 11.7. The minimum Gasteiger partial charge on any atom is -0.353 e. The molecule has 0 aliphatic heterocycles. The molecule has 1 aliphatic carbocycles. The molecule has 2 atom stereocenters. The van der Waals surface area contributed by atoms with Crippen LogP contribution in [0.5, 0.6) is 0 Å². The van der Waals surface area contributed by atoms with Crippen LogP contribution in [0.3, 0.4) is 0 Å². The molecule has 1 heterocycles. The SMILES string of the molecule is NCC1CCCC1NC(=O)CCn1cncn1. The van der Waals surface area contributed by atoms with Gasteiger partial charge in [-0.15, -0.1) is 0 Å². The Bertz CT molecular complexity index is 351. The first-order valence-corrected chi connectivity index (χ1v) is 6.11. The van der Waals surface area contributed by atoms with Crippen LogP contribution in [0, 0.1) is 5.92 Å². The number of nitrogens with one attached hydrogen (secondary N) is 1. The monoisotopic (exact) mass is 237 g/mol. The van der Waals surface area contributed by atoms with E-state index in [1.807, 2.05) is 0 Å². The summed E-state index contributed by atoms with van der Waals surface area (Å²) < 4.78 is 1.66. The number of carbonyl (C=O) groups is 1. The first-order chi connectivity index (χ1) is 8.29. The number of rotatable bonds is 5. The van der Waals surface area contributed by atoms with Gasteiger partial charge in [0, 0.05) is 12.5 Å². The quantitative estimate of drug-likeness (QED) is 0.749. The van der Waals surface area contributed by atoms with Gasteiger partial charge in [0.2, 0.25) is 5.91 Å². The Labute approximate surface area is 101 Å². The Kier molecular flexibility index (Phi) is 4.08. The predicted octanol–water partition coefficient (Wildman–Crippen LogP) is -0.0882. The highest BCUT2D eigenvalue weighted by Crippen LogP contribution is 2.24. The van der Waals surface area contributed by atoms with Gasteiger partial charge in [-0.1, -0.05) is 6.42 Å². The van der Waals surface area contributed by atoms with Gasteiger partial charge in [0.1, 0.15) is 12.7 Å². The van der Waals surface area contributed by atoms with Gasteiger partial charge in [-0.05, 0) is 25.3 Å². The first kappa shape index (κ1) is 12.0. The van der Waals surface area contributed by atoms with Gasteiger partial charge < -0.3 is 11.1 Å². The highest BCUT2D eigenvalue weighted by molar-refractivity contribution is 5.76. The number of nitrogens with zero attached hydrogens (tertiary/aromatic N) is 3. The van der Waals surface area contributed by atoms with Gasteiger partial charge >= 0.3 is 0 Å². The highest BCUT2D eigenvalue weighted by Gasteiger charge is 2.26. The molecule has 2 rings (SSSR count). The molecule has 17 heavy (non-hydrogen) atoms. The molecule has 1 amide bonds. The number of aryl methyl sites for hydroxylation is 1. The standard InChI is InChI=1S/C11H19N5O/c12-6-9-2-1-3-10(9)15-11(17)4-5-16-8-13-7-14-16/h7-10H,1-6,12H2,(H,15,17). The van der Waals surface area contributed by atoms with E-state index in [9.17, 15) is 4.79 Å². The van der Waals surface area contributed by atoms with E-state index in [4.69, 9.17) is 5.73 Å². The van der Waals surface area contributed by atoms with Crippen LogP contribution in [0.2, 0.25) is 0 Å². The summed E-state index contributed by atoms with van der Waals surface area (Å²) in [5, 5.41) is 7.02. The van der Waals surface area contributed by atoms with E-state index in [-0.39, 0.29) is 11.9 Å². The largest absolute Gasteiger partial charge is 0.353 e. The maximum Gasteiger partial charge on any atom is 0.222 e. The van der Waals surface area contributed by atoms with E-state index in [0.29, 0.717) is 25.4 Å². The Morgan fingerprint density at radius 1 is 1.53 bits per heavy atom. The molecule has 1 saturated carbocycles. The summed E-state index contributed by atoms with van der Waals surface area (Å²) in [6, 6.07) is 0.267. The average Bonchev–Trinajstić information content (AvgIpc) is 2.97. The van der Waals surface area contributed by atoms with Crippen LogP contribution in [-0.2, 0) is 11.3 Å².